The van der Waals surface area contributed by atoms with Gasteiger partial charge in [-0.1, -0.05) is 6.08 Å². The summed E-state index contributed by atoms with van der Waals surface area (Å²) in [4.78, 5) is 3.53. The number of hydrogen-bond acceptors (Lipinski definition) is 5. The number of nitrogens with zero attached hydrogens (tertiary/aromatic N) is 1. The molecule has 1 heterocycles. The van der Waals surface area contributed by atoms with Crippen molar-refractivity contribution in [3.63, 3.8) is 0 Å². The van der Waals surface area contributed by atoms with Gasteiger partial charge in [-0.15, -0.1) is 0 Å². The normalized spacial score (nSPS) is 18.9. The van der Waals surface area contributed by atoms with Gasteiger partial charge in [-0.25, -0.2) is 4.99 Å². The number of hydrogen-bond donors (Lipinski definition) is 0. The number of benzene rings is 1. The van der Waals surface area contributed by atoms with E-state index in [1.54, 1.807) is 6.08 Å². The second-order valence-electron chi connectivity index (χ2n) is 5.52. The van der Waals surface area contributed by atoms with Crippen LogP contribution in [0.4, 0.5) is 18.9 Å². The van der Waals surface area contributed by atoms with Crippen molar-refractivity contribution < 1.29 is 32.1 Å². The number of methoxy groups -OCH3 is 1. The van der Waals surface area contributed by atoms with Crippen LogP contribution in [0.25, 0.3) is 0 Å². The SMILES string of the molecule is COc1ccc(N=C(OC/C=C\COC2CCCCO2)C(F)(F)F)cc1. The molecule has 0 saturated carbocycles. The Kier molecular flexibility index (Phi) is 7.93. The lowest BCUT2D eigenvalue weighted by Gasteiger charge is -2.21. The first-order chi connectivity index (χ1) is 12.5. The van der Waals surface area contributed by atoms with Crippen molar-refractivity contribution in [2.75, 3.05) is 26.9 Å². The molecule has 8 heteroatoms. The highest BCUT2D eigenvalue weighted by atomic mass is 19.4. The molecule has 0 amide bonds. The highest BCUT2D eigenvalue weighted by Gasteiger charge is 2.38. The average Bonchev–Trinajstić information content (AvgIpc) is 2.64. The Bertz CT molecular complexity index is 593. The van der Waals surface area contributed by atoms with Gasteiger partial charge in [0.2, 0.25) is 0 Å². The lowest BCUT2D eigenvalue weighted by atomic mass is 10.2. The minimum Gasteiger partial charge on any atom is -0.497 e. The molecule has 26 heavy (non-hydrogen) atoms. The first-order valence-corrected chi connectivity index (χ1v) is 8.30. The van der Waals surface area contributed by atoms with Gasteiger partial charge in [-0.3, -0.25) is 0 Å². The van der Waals surface area contributed by atoms with Crippen LogP contribution in [-0.2, 0) is 14.2 Å². The van der Waals surface area contributed by atoms with Crippen molar-refractivity contribution in [2.24, 2.45) is 4.99 Å². The zero-order valence-corrected chi connectivity index (χ0v) is 14.5. The fourth-order valence-electron chi connectivity index (χ4n) is 2.22. The molecule has 144 valence electrons. The maximum absolute atomic E-state index is 13.0. The largest absolute Gasteiger partial charge is 0.497 e. The number of rotatable bonds is 7. The first-order valence-electron chi connectivity index (χ1n) is 8.30. The molecule has 1 atom stereocenters. The Morgan fingerprint density at radius 1 is 1.19 bits per heavy atom. The molecule has 0 aromatic heterocycles. The minimum atomic E-state index is -4.68. The molecule has 1 aliphatic rings. The second-order valence-corrected chi connectivity index (χ2v) is 5.52. The van der Waals surface area contributed by atoms with E-state index in [9.17, 15) is 13.2 Å². The van der Waals surface area contributed by atoms with Gasteiger partial charge in [-0.2, -0.15) is 13.2 Å². The monoisotopic (exact) mass is 373 g/mol. The first kappa shape index (κ1) is 20.3. The molecule has 5 nitrogen and oxygen atoms in total. The average molecular weight is 373 g/mol. The smallest absolute Gasteiger partial charge is 0.468 e. The van der Waals surface area contributed by atoms with Crippen molar-refractivity contribution in [1.29, 1.82) is 0 Å². The van der Waals surface area contributed by atoms with Crippen molar-refractivity contribution >= 4 is 11.6 Å². The molecule has 1 fully saturated rings. The van der Waals surface area contributed by atoms with Gasteiger partial charge in [0, 0.05) is 6.61 Å². The number of aliphatic imine (C=N–C) groups is 1. The summed E-state index contributed by atoms with van der Waals surface area (Å²) in [5.74, 6) is -0.771. The van der Waals surface area contributed by atoms with Crippen LogP contribution in [0.5, 0.6) is 5.75 Å². The van der Waals surface area contributed by atoms with Crippen LogP contribution in [-0.4, -0.2) is 45.3 Å². The summed E-state index contributed by atoms with van der Waals surface area (Å²) in [6, 6.07) is 5.89. The fourth-order valence-corrected chi connectivity index (χ4v) is 2.22. The Balaban J connectivity index is 1.83. The van der Waals surface area contributed by atoms with Crippen molar-refractivity contribution in [3.05, 3.63) is 36.4 Å². The third-order valence-corrected chi connectivity index (χ3v) is 3.54. The molecular weight excluding hydrogens is 351 g/mol. The van der Waals surface area contributed by atoms with Gasteiger partial charge in [0.05, 0.1) is 19.4 Å². The lowest BCUT2D eigenvalue weighted by Crippen LogP contribution is -2.25. The van der Waals surface area contributed by atoms with E-state index >= 15 is 0 Å². The maximum Gasteiger partial charge on any atom is 0.468 e. The highest BCUT2D eigenvalue weighted by Crippen LogP contribution is 2.24. The molecule has 0 bridgehead atoms. The van der Waals surface area contributed by atoms with Crippen LogP contribution >= 0.6 is 0 Å². The van der Waals surface area contributed by atoms with Crippen LogP contribution in [0.2, 0.25) is 0 Å². The molecule has 2 rings (SSSR count). The van der Waals surface area contributed by atoms with Gasteiger partial charge < -0.3 is 18.9 Å². The Morgan fingerprint density at radius 2 is 1.92 bits per heavy atom. The molecule has 1 aromatic carbocycles. The van der Waals surface area contributed by atoms with Crippen LogP contribution in [0, 0.1) is 0 Å². The van der Waals surface area contributed by atoms with E-state index in [1.165, 1.54) is 37.5 Å². The Morgan fingerprint density at radius 3 is 2.54 bits per heavy atom. The number of halogens is 3. The zero-order chi connectivity index (χ0) is 18.8. The summed E-state index contributed by atoms with van der Waals surface area (Å²) in [6.07, 6.45) is 1.04. The minimum absolute atomic E-state index is 0.125. The van der Waals surface area contributed by atoms with Gasteiger partial charge in [-0.05, 0) is 49.6 Å². The molecule has 1 aliphatic heterocycles. The van der Waals surface area contributed by atoms with E-state index in [0.717, 1.165) is 19.3 Å². The van der Waals surface area contributed by atoms with Gasteiger partial charge in [0.25, 0.3) is 5.90 Å². The van der Waals surface area contributed by atoms with Crippen LogP contribution in [0.15, 0.2) is 41.4 Å². The van der Waals surface area contributed by atoms with E-state index < -0.39 is 12.1 Å². The molecular formula is C18H22F3NO4. The Hall–Kier alpha value is -2.06. The standard InChI is InChI=1S/C18H22F3NO4/c1-23-15-9-7-14(8-10-15)22-17(18(19,20)21)26-13-5-4-12-25-16-6-2-3-11-24-16/h4-5,7-10,16H,2-3,6,11-13H2,1H3/b5-4-,22-17?. The third-order valence-electron chi connectivity index (χ3n) is 3.54. The number of ether oxygens (including phenoxy) is 4. The molecule has 1 aromatic rings. The summed E-state index contributed by atoms with van der Waals surface area (Å²) in [5.41, 5.74) is 0.125. The maximum atomic E-state index is 13.0. The summed E-state index contributed by atoms with van der Waals surface area (Å²) in [7, 11) is 1.47. The van der Waals surface area contributed by atoms with E-state index in [-0.39, 0.29) is 25.2 Å². The predicted molar refractivity (Wildman–Crippen MR) is 90.8 cm³/mol. The summed E-state index contributed by atoms with van der Waals surface area (Å²) in [5, 5.41) is 0. The van der Waals surface area contributed by atoms with Gasteiger partial charge in [0.15, 0.2) is 6.29 Å². The van der Waals surface area contributed by atoms with Crippen LogP contribution in [0.1, 0.15) is 19.3 Å². The van der Waals surface area contributed by atoms with E-state index in [2.05, 4.69) is 4.99 Å². The molecule has 0 spiro atoms. The molecule has 1 unspecified atom stereocenters. The van der Waals surface area contributed by atoms with Gasteiger partial charge in [0.1, 0.15) is 12.4 Å². The highest BCUT2D eigenvalue weighted by molar-refractivity contribution is 5.84. The summed E-state index contributed by atoms with van der Waals surface area (Å²) >= 11 is 0. The summed E-state index contributed by atoms with van der Waals surface area (Å²) < 4.78 is 59.6. The van der Waals surface area contributed by atoms with E-state index in [0.29, 0.717) is 12.4 Å². The molecule has 0 N–H and O–H groups in total. The Labute approximate surface area is 150 Å². The lowest BCUT2D eigenvalue weighted by molar-refractivity contribution is -0.155. The second kappa shape index (κ2) is 10.2. The number of alkyl halides is 3. The third kappa shape index (κ3) is 7.05. The van der Waals surface area contributed by atoms with Gasteiger partial charge >= 0.3 is 6.18 Å². The van der Waals surface area contributed by atoms with Crippen molar-refractivity contribution in [2.45, 2.75) is 31.7 Å². The fraction of sp³-hybridized carbons (Fsp3) is 0.500. The molecule has 1 saturated heterocycles. The topological polar surface area (TPSA) is 49.3 Å². The van der Waals surface area contributed by atoms with Crippen LogP contribution < -0.4 is 4.74 Å². The predicted octanol–water partition coefficient (Wildman–Crippen LogP) is 4.40. The van der Waals surface area contributed by atoms with Crippen molar-refractivity contribution in [1.82, 2.24) is 0 Å². The molecule has 0 radical (unpaired) electrons. The van der Waals surface area contributed by atoms with E-state index in [1.807, 2.05) is 0 Å². The van der Waals surface area contributed by atoms with E-state index in [4.69, 9.17) is 18.9 Å². The molecule has 0 aliphatic carbocycles. The van der Waals surface area contributed by atoms with Crippen molar-refractivity contribution in [3.8, 4) is 5.75 Å². The zero-order valence-electron chi connectivity index (χ0n) is 14.5. The summed E-state index contributed by atoms with van der Waals surface area (Å²) in [6.45, 7) is 0.669. The quantitative estimate of drug-likeness (QED) is 0.404. The van der Waals surface area contributed by atoms with Crippen LogP contribution in [0.3, 0.4) is 0 Å².